The van der Waals surface area contributed by atoms with Gasteiger partial charge in [-0.1, -0.05) is 244 Å². The molecule has 1 aromatic heterocycles. The van der Waals surface area contributed by atoms with Crippen molar-refractivity contribution >= 4 is 43.7 Å². The summed E-state index contributed by atoms with van der Waals surface area (Å²) < 4.78 is 2.50. The molecule has 14 rings (SSSR count). The second-order valence-electron chi connectivity index (χ2n) is 20.8. The highest BCUT2D eigenvalue weighted by atomic mass is 15.0. The van der Waals surface area contributed by atoms with Crippen LogP contribution in [0.3, 0.4) is 0 Å². The molecule has 0 N–H and O–H groups in total. The van der Waals surface area contributed by atoms with Gasteiger partial charge in [-0.15, -0.1) is 0 Å². The number of benzene rings is 11. The van der Waals surface area contributed by atoms with E-state index in [2.05, 4.69) is 291 Å². The van der Waals surface area contributed by atoms with Gasteiger partial charge in [0.05, 0.1) is 11.0 Å². The van der Waals surface area contributed by atoms with Crippen molar-refractivity contribution in [3.63, 3.8) is 0 Å². The first-order valence-electron chi connectivity index (χ1n) is 26.3. The standard InChI is InChI=1S/C74H53N/c1-74(2)70-47-62(65-22-12-20-59-17-9-10-21-64(59)65)37-41-66(70)67-42-40-63(48-71(67)74)75-72-43-38-60(52-19-11-18-51(23-24-52)55-29-25-53(26-30-55)49-13-5-3-6-14-49)45-68(72)69-46-61(39-44-73(69)75)58-35-33-57(34-36-58)56-31-27-54(28-32-56)50-15-7-4-8-16-50/h3-18,20-48H,19H2,1-2H3. The molecule has 354 valence electrons. The number of hydrogen-bond acceptors (Lipinski definition) is 0. The van der Waals surface area contributed by atoms with Gasteiger partial charge >= 0.3 is 0 Å². The summed E-state index contributed by atoms with van der Waals surface area (Å²) in [5.74, 6) is 0. The van der Waals surface area contributed by atoms with Crippen molar-refractivity contribution in [3.05, 3.63) is 295 Å². The van der Waals surface area contributed by atoms with Gasteiger partial charge in [-0.2, -0.15) is 0 Å². The van der Waals surface area contributed by atoms with Crippen molar-refractivity contribution in [2.75, 3.05) is 0 Å². The zero-order valence-corrected chi connectivity index (χ0v) is 42.1. The van der Waals surface area contributed by atoms with Crippen LogP contribution in [0.25, 0.3) is 116 Å². The van der Waals surface area contributed by atoms with Crippen molar-refractivity contribution in [2.24, 2.45) is 0 Å². The van der Waals surface area contributed by atoms with Crippen molar-refractivity contribution in [1.29, 1.82) is 0 Å². The fourth-order valence-corrected chi connectivity index (χ4v) is 12.0. The van der Waals surface area contributed by atoms with Gasteiger partial charge in [-0.05, 0) is 160 Å². The molecule has 12 aromatic rings. The Hall–Kier alpha value is -9.30. The first-order chi connectivity index (χ1) is 36.9. The highest BCUT2D eigenvalue weighted by molar-refractivity contribution is 6.11. The zero-order chi connectivity index (χ0) is 50.0. The molecule has 0 bridgehead atoms. The van der Waals surface area contributed by atoms with Crippen LogP contribution in [0.1, 0.15) is 42.5 Å². The van der Waals surface area contributed by atoms with Crippen LogP contribution in [0.4, 0.5) is 0 Å². The van der Waals surface area contributed by atoms with Gasteiger partial charge in [-0.3, -0.25) is 0 Å². The van der Waals surface area contributed by atoms with E-state index in [4.69, 9.17) is 0 Å². The quantitative estimate of drug-likeness (QED) is 0.143. The molecule has 0 saturated carbocycles. The smallest absolute Gasteiger partial charge is 0.0541 e. The minimum Gasteiger partial charge on any atom is -0.309 e. The highest BCUT2D eigenvalue weighted by Crippen LogP contribution is 2.51. The van der Waals surface area contributed by atoms with Crippen molar-refractivity contribution in [3.8, 4) is 72.4 Å². The predicted molar refractivity (Wildman–Crippen MR) is 319 cm³/mol. The molecular weight excluding hydrogens is 903 g/mol. The van der Waals surface area contributed by atoms with E-state index >= 15 is 0 Å². The maximum atomic E-state index is 2.50. The summed E-state index contributed by atoms with van der Waals surface area (Å²) in [4.78, 5) is 0. The molecule has 0 unspecified atom stereocenters. The van der Waals surface area contributed by atoms with E-state index in [9.17, 15) is 0 Å². The molecule has 0 fully saturated rings. The number of hydrogen-bond donors (Lipinski definition) is 0. The number of nitrogens with zero attached hydrogens (tertiary/aromatic N) is 1. The molecule has 11 aromatic carbocycles. The van der Waals surface area contributed by atoms with Crippen LogP contribution in [0.5, 0.6) is 0 Å². The van der Waals surface area contributed by atoms with Crippen LogP contribution in [0.15, 0.2) is 273 Å². The molecule has 0 spiro atoms. The molecule has 1 heterocycles. The molecule has 0 aliphatic heterocycles. The predicted octanol–water partition coefficient (Wildman–Crippen LogP) is 20.0. The summed E-state index contributed by atoms with van der Waals surface area (Å²) in [7, 11) is 0. The number of allylic oxidation sites excluding steroid dienone is 6. The normalized spacial score (nSPS) is 13.6. The Kier molecular flexibility index (Phi) is 10.7. The summed E-state index contributed by atoms with van der Waals surface area (Å²) in [5, 5.41) is 5.04. The van der Waals surface area contributed by atoms with E-state index in [1.807, 2.05) is 0 Å². The SMILES string of the molecule is CC1(C)c2cc(-c3cccc4ccccc34)ccc2-c2ccc(-n3c4ccc(C5=CC=C(c6ccc(-c7ccccc7)cc6)C=CC5)cc4c4cc(-c5ccc(-c6ccc(-c7ccccc7)cc6)cc5)ccc43)cc21. The average molecular weight is 956 g/mol. The number of rotatable bonds is 8. The van der Waals surface area contributed by atoms with Gasteiger partial charge in [0, 0.05) is 21.9 Å². The Balaban J connectivity index is 0.850. The van der Waals surface area contributed by atoms with E-state index in [1.54, 1.807) is 0 Å². The van der Waals surface area contributed by atoms with Crippen LogP contribution < -0.4 is 0 Å². The number of aromatic nitrogens is 1. The van der Waals surface area contributed by atoms with Crippen LogP contribution in [-0.4, -0.2) is 4.57 Å². The lowest BCUT2D eigenvalue weighted by Crippen LogP contribution is -2.15. The Morgan fingerprint density at radius 1 is 0.333 bits per heavy atom. The van der Waals surface area contributed by atoms with Gasteiger partial charge < -0.3 is 4.57 Å². The van der Waals surface area contributed by atoms with Gasteiger partial charge in [0.15, 0.2) is 0 Å². The maximum Gasteiger partial charge on any atom is 0.0541 e. The van der Waals surface area contributed by atoms with Gasteiger partial charge in [0.2, 0.25) is 0 Å². The fourth-order valence-electron chi connectivity index (χ4n) is 12.0. The maximum absolute atomic E-state index is 2.50. The minimum atomic E-state index is -0.202. The Morgan fingerprint density at radius 2 is 0.813 bits per heavy atom. The Labute approximate surface area is 439 Å². The monoisotopic (exact) mass is 955 g/mol. The molecule has 1 heteroatoms. The topological polar surface area (TPSA) is 4.93 Å². The fraction of sp³-hybridized carbons (Fsp3) is 0.0541. The summed E-state index contributed by atoms with van der Waals surface area (Å²) in [6.07, 6.45) is 10.1. The lowest BCUT2D eigenvalue weighted by Gasteiger charge is -2.23. The molecule has 2 aliphatic carbocycles. The molecular formula is C74H53N. The van der Waals surface area contributed by atoms with E-state index in [0.717, 1.165) is 6.42 Å². The van der Waals surface area contributed by atoms with E-state index in [1.165, 1.54) is 138 Å². The molecule has 0 saturated heterocycles. The van der Waals surface area contributed by atoms with Crippen molar-refractivity contribution in [1.82, 2.24) is 4.57 Å². The molecule has 75 heavy (non-hydrogen) atoms. The third-order valence-electron chi connectivity index (χ3n) is 16.1. The Bertz CT molecular complexity index is 4270. The minimum absolute atomic E-state index is 0.202. The lowest BCUT2D eigenvalue weighted by molar-refractivity contribution is 0.660. The van der Waals surface area contributed by atoms with E-state index < -0.39 is 0 Å². The number of fused-ring (bicyclic) bond motifs is 7. The summed E-state index contributed by atoms with van der Waals surface area (Å²) in [5.41, 5.74) is 26.0. The molecule has 2 aliphatic rings. The largest absolute Gasteiger partial charge is 0.309 e. The van der Waals surface area contributed by atoms with Gasteiger partial charge in [0.25, 0.3) is 0 Å². The first-order valence-corrected chi connectivity index (χ1v) is 26.3. The third-order valence-corrected chi connectivity index (χ3v) is 16.1. The summed E-state index contributed by atoms with van der Waals surface area (Å²) >= 11 is 0. The molecule has 0 amide bonds. The summed E-state index contributed by atoms with van der Waals surface area (Å²) in [6.45, 7) is 4.80. The van der Waals surface area contributed by atoms with Crippen LogP contribution in [0, 0.1) is 0 Å². The first kappa shape index (κ1) is 44.4. The molecule has 0 atom stereocenters. The van der Waals surface area contributed by atoms with Gasteiger partial charge in [-0.25, -0.2) is 0 Å². The third kappa shape index (κ3) is 7.79. The second-order valence-corrected chi connectivity index (χ2v) is 20.8. The van der Waals surface area contributed by atoms with Crippen molar-refractivity contribution in [2.45, 2.75) is 25.7 Å². The highest BCUT2D eigenvalue weighted by Gasteiger charge is 2.36. The van der Waals surface area contributed by atoms with Crippen LogP contribution in [-0.2, 0) is 5.41 Å². The van der Waals surface area contributed by atoms with E-state index in [0.29, 0.717) is 0 Å². The van der Waals surface area contributed by atoms with Crippen molar-refractivity contribution < 1.29 is 0 Å². The molecule has 1 nitrogen and oxygen atoms in total. The summed E-state index contributed by atoms with van der Waals surface area (Å²) in [6, 6.07) is 92.0. The second kappa shape index (κ2) is 18.0. The van der Waals surface area contributed by atoms with E-state index in [-0.39, 0.29) is 5.41 Å². The zero-order valence-electron chi connectivity index (χ0n) is 42.1. The Morgan fingerprint density at radius 3 is 1.45 bits per heavy atom. The average Bonchev–Trinajstić information content (AvgIpc) is 3.76. The molecule has 0 radical (unpaired) electrons. The van der Waals surface area contributed by atoms with Crippen LogP contribution in [0.2, 0.25) is 0 Å². The van der Waals surface area contributed by atoms with Gasteiger partial charge in [0.1, 0.15) is 0 Å². The van der Waals surface area contributed by atoms with Crippen LogP contribution >= 0.6 is 0 Å². The lowest BCUT2D eigenvalue weighted by atomic mass is 9.81.